The van der Waals surface area contributed by atoms with Crippen LogP contribution < -0.4 is 15.4 Å². The van der Waals surface area contributed by atoms with Gasteiger partial charge in [-0.2, -0.15) is 18.3 Å². The summed E-state index contributed by atoms with van der Waals surface area (Å²) in [5, 5.41) is 9.94. The van der Waals surface area contributed by atoms with Crippen LogP contribution in [-0.2, 0) is 16.1 Å². The van der Waals surface area contributed by atoms with Crippen LogP contribution in [0.1, 0.15) is 12.8 Å². The molecule has 8 nitrogen and oxygen atoms in total. The molecule has 0 bridgehead atoms. The predicted molar refractivity (Wildman–Crippen MR) is 158 cm³/mol. The van der Waals surface area contributed by atoms with E-state index in [1.54, 1.807) is 54.7 Å². The predicted octanol–water partition coefficient (Wildman–Crippen LogP) is 7.37. The fourth-order valence-electron chi connectivity index (χ4n) is 4.62. The average molecular weight is 626 g/mol. The summed E-state index contributed by atoms with van der Waals surface area (Å²) in [5.74, 6) is -0.306. The first-order valence-corrected chi connectivity index (χ1v) is 13.2. The van der Waals surface area contributed by atoms with E-state index in [0.717, 1.165) is 4.68 Å². The number of carbonyl (C=O) groups excluding carboxylic acids is 2. The zero-order chi connectivity index (χ0) is 30.2. The first-order chi connectivity index (χ1) is 20.6. The molecule has 0 spiro atoms. The molecule has 6 rings (SSSR count). The smallest absolute Gasteiger partial charge is 0.408 e. The SMILES string of the molecule is Cl.O=C(Nc1ccc(F)cc1)C1(C(=O)Nc2ccc(Oc3ccnc4cc(-c5cnn(CC(F)(F)F)c5)ccc34)cc2)CC1. The molecule has 2 N–H and O–H groups in total. The van der Waals surface area contributed by atoms with E-state index < -0.39 is 35.8 Å². The molecule has 2 amide bonds. The van der Waals surface area contributed by atoms with E-state index in [1.165, 1.54) is 36.7 Å². The third-order valence-corrected chi connectivity index (χ3v) is 7.07. The van der Waals surface area contributed by atoms with Gasteiger partial charge in [-0.05, 0) is 85.1 Å². The molecule has 0 saturated heterocycles. The topological polar surface area (TPSA) is 98.1 Å². The largest absolute Gasteiger partial charge is 0.457 e. The van der Waals surface area contributed by atoms with Crippen LogP contribution in [0.2, 0.25) is 0 Å². The van der Waals surface area contributed by atoms with Gasteiger partial charge in [0.15, 0.2) is 0 Å². The van der Waals surface area contributed by atoms with Crippen LogP contribution in [0.5, 0.6) is 11.5 Å². The molecular formula is C31H24ClF4N5O3. The lowest BCUT2D eigenvalue weighted by molar-refractivity contribution is -0.142. The molecule has 2 aromatic heterocycles. The van der Waals surface area contributed by atoms with E-state index in [1.807, 2.05) is 0 Å². The summed E-state index contributed by atoms with van der Waals surface area (Å²) in [5.41, 5.74) is 1.46. The number of hydrogen-bond donors (Lipinski definition) is 2. The quantitative estimate of drug-likeness (QED) is 0.139. The zero-order valence-corrected chi connectivity index (χ0v) is 23.6. The summed E-state index contributed by atoms with van der Waals surface area (Å²) >= 11 is 0. The Morgan fingerprint density at radius 1 is 0.886 bits per heavy atom. The molecule has 5 aromatic rings. The van der Waals surface area contributed by atoms with E-state index >= 15 is 0 Å². The number of hydrogen-bond acceptors (Lipinski definition) is 5. The lowest BCUT2D eigenvalue weighted by atomic mass is 10.0. The summed E-state index contributed by atoms with van der Waals surface area (Å²) in [6, 6.07) is 18.9. The van der Waals surface area contributed by atoms with E-state index in [-0.39, 0.29) is 12.4 Å². The number of ether oxygens (including phenoxy) is 1. The highest BCUT2D eigenvalue weighted by Crippen LogP contribution is 2.47. The van der Waals surface area contributed by atoms with Crippen LogP contribution in [0.4, 0.5) is 28.9 Å². The van der Waals surface area contributed by atoms with Crippen molar-refractivity contribution < 1.29 is 31.9 Å². The van der Waals surface area contributed by atoms with E-state index in [4.69, 9.17) is 4.74 Å². The Bertz CT molecular complexity index is 1820. The summed E-state index contributed by atoms with van der Waals surface area (Å²) in [7, 11) is 0. The van der Waals surface area contributed by atoms with Crippen LogP contribution >= 0.6 is 12.4 Å². The second-order valence-electron chi connectivity index (χ2n) is 10.2. The third-order valence-electron chi connectivity index (χ3n) is 7.07. The molecule has 3 aromatic carbocycles. The molecule has 0 unspecified atom stereocenters. The summed E-state index contributed by atoms with van der Waals surface area (Å²) in [6.07, 6.45) is 0.705. The minimum absolute atomic E-state index is 0. The van der Waals surface area contributed by atoms with Crippen molar-refractivity contribution in [2.24, 2.45) is 5.41 Å². The molecule has 226 valence electrons. The monoisotopic (exact) mass is 625 g/mol. The average Bonchev–Trinajstić information content (AvgIpc) is 3.68. The van der Waals surface area contributed by atoms with Crippen molar-refractivity contribution in [1.82, 2.24) is 14.8 Å². The molecule has 44 heavy (non-hydrogen) atoms. The highest BCUT2D eigenvalue weighted by molar-refractivity contribution is 6.16. The molecule has 1 fully saturated rings. The normalized spacial score (nSPS) is 13.5. The second kappa shape index (κ2) is 12.0. The number of pyridine rings is 1. The highest BCUT2D eigenvalue weighted by Gasteiger charge is 2.56. The van der Waals surface area contributed by atoms with Gasteiger partial charge in [-0.15, -0.1) is 12.4 Å². The van der Waals surface area contributed by atoms with Crippen molar-refractivity contribution in [3.63, 3.8) is 0 Å². The molecule has 1 aliphatic carbocycles. The first kappa shape index (κ1) is 30.5. The van der Waals surface area contributed by atoms with E-state index in [2.05, 4.69) is 20.7 Å². The third kappa shape index (κ3) is 6.65. The van der Waals surface area contributed by atoms with Crippen LogP contribution in [0, 0.1) is 11.2 Å². The number of rotatable bonds is 8. The molecule has 13 heteroatoms. The summed E-state index contributed by atoms with van der Waals surface area (Å²) in [4.78, 5) is 30.1. The number of nitrogens with one attached hydrogen (secondary N) is 2. The van der Waals surface area contributed by atoms with Gasteiger partial charge in [0.25, 0.3) is 0 Å². The van der Waals surface area contributed by atoms with Crippen LogP contribution in [0.25, 0.3) is 22.0 Å². The maximum atomic E-state index is 13.2. The van der Waals surface area contributed by atoms with Crippen molar-refractivity contribution in [2.75, 3.05) is 10.6 Å². The molecule has 0 atom stereocenters. The minimum Gasteiger partial charge on any atom is -0.457 e. The number of amides is 2. The number of anilines is 2. The van der Waals surface area contributed by atoms with Crippen molar-refractivity contribution in [1.29, 1.82) is 0 Å². The van der Waals surface area contributed by atoms with Crippen molar-refractivity contribution >= 4 is 46.5 Å². The van der Waals surface area contributed by atoms with Gasteiger partial charge in [-0.3, -0.25) is 19.3 Å². The number of carbonyl (C=O) groups is 2. The number of aromatic nitrogens is 3. The second-order valence-corrected chi connectivity index (χ2v) is 10.2. The summed E-state index contributed by atoms with van der Waals surface area (Å²) < 4.78 is 58.1. The lowest BCUT2D eigenvalue weighted by Crippen LogP contribution is -2.35. The highest BCUT2D eigenvalue weighted by atomic mass is 35.5. The fourth-order valence-corrected chi connectivity index (χ4v) is 4.62. The first-order valence-electron chi connectivity index (χ1n) is 13.2. The van der Waals surface area contributed by atoms with E-state index in [9.17, 15) is 27.2 Å². The fraction of sp³-hybridized carbons (Fsp3) is 0.161. The Labute approximate surface area is 254 Å². The lowest BCUT2D eigenvalue weighted by Gasteiger charge is -2.16. The number of alkyl halides is 3. The minimum atomic E-state index is -4.37. The summed E-state index contributed by atoms with van der Waals surface area (Å²) in [6.45, 7) is -1.17. The van der Waals surface area contributed by atoms with Gasteiger partial charge in [0.1, 0.15) is 29.3 Å². The van der Waals surface area contributed by atoms with Crippen LogP contribution in [0.3, 0.4) is 0 Å². The van der Waals surface area contributed by atoms with Gasteiger partial charge in [0.05, 0.1) is 11.7 Å². The Kier molecular flexibility index (Phi) is 8.29. The maximum absolute atomic E-state index is 13.2. The van der Waals surface area contributed by atoms with Crippen molar-refractivity contribution in [3.8, 4) is 22.6 Å². The number of halogens is 5. The molecule has 2 heterocycles. The van der Waals surface area contributed by atoms with Gasteiger partial charge in [0.2, 0.25) is 11.8 Å². The number of benzene rings is 3. The Morgan fingerprint density at radius 3 is 2.14 bits per heavy atom. The zero-order valence-electron chi connectivity index (χ0n) is 22.8. The molecule has 0 aliphatic heterocycles. The molecular weight excluding hydrogens is 602 g/mol. The van der Waals surface area contributed by atoms with Gasteiger partial charge < -0.3 is 15.4 Å². The van der Waals surface area contributed by atoms with Gasteiger partial charge >= 0.3 is 6.18 Å². The number of nitrogens with zero attached hydrogens (tertiary/aromatic N) is 3. The standard InChI is InChI=1S/C31H23F4N5O3.ClH/c32-21-2-4-22(5-3-21)38-28(41)30(12-13-30)29(42)39-23-6-8-24(9-7-23)43-27-11-14-36-26-15-19(1-10-25(26)27)20-16-37-40(17-20)18-31(33,34)35;/h1-11,14-17H,12-13,18H2,(H,38,41)(H,39,42);1H. The number of fused-ring (bicyclic) bond motifs is 1. The Morgan fingerprint density at radius 2 is 1.52 bits per heavy atom. The Hall–Kier alpha value is -4.97. The van der Waals surface area contributed by atoms with Gasteiger partial charge in [-0.25, -0.2) is 4.39 Å². The molecule has 1 aliphatic rings. The molecule has 0 radical (unpaired) electrons. The van der Waals surface area contributed by atoms with Crippen LogP contribution in [-0.4, -0.2) is 32.8 Å². The van der Waals surface area contributed by atoms with Crippen molar-refractivity contribution in [3.05, 3.63) is 97.2 Å². The van der Waals surface area contributed by atoms with Gasteiger partial charge in [0, 0.05) is 34.7 Å². The van der Waals surface area contributed by atoms with E-state index in [0.29, 0.717) is 57.7 Å². The maximum Gasteiger partial charge on any atom is 0.408 e. The van der Waals surface area contributed by atoms with Crippen LogP contribution in [0.15, 0.2) is 91.4 Å². The van der Waals surface area contributed by atoms with Crippen molar-refractivity contribution in [2.45, 2.75) is 25.6 Å². The van der Waals surface area contributed by atoms with Gasteiger partial charge in [-0.1, -0.05) is 6.07 Å². The Balaban J connectivity index is 0.00000384. The molecule has 1 saturated carbocycles.